The average Bonchev–Trinajstić information content (AvgIpc) is 3.85. The molecule has 1 aliphatic carbocycles. The van der Waals surface area contributed by atoms with Gasteiger partial charge in [0.25, 0.3) is 11.8 Å². The molecular weight excluding hydrogens is 817 g/mol. The molecule has 3 unspecified atom stereocenters. The fourth-order valence-corrected chi connectivity index (χ4v) is 8.82. The monoisotopic (exact) mass is 874 g/mol. The maximum atomic E-state index is 14.0. The van der Waals surface area contributed by atoms with Crippen molar-refractivity contribution in [3.8, 4) is 11.5 Å². The number of aliphatic imine (C=N–C) groups is 2. The van der Waals surface area contributed by atoms with Gasteiger partial charge in [-0.2, -0.15) is 5.10 Å². The molecule has 0 bridgehead atoms. The van der Waals surface area contributed by atoms with E-state index < -0.39 is 35.2 Å². The van der Waals surface area contributed by atoms with Crippen molar-refractivity contribution >= 4 is 46.8 Å². The number of nitrogens with two attached hydrogens (primary N) is 1. The van der Waals surface area contributed by atoms with Crippen molar-refractivity contribution in [2.75, 3.05) is 26.3 Å². The summed E-state index contributed by atoms with van der Waals surface area (Å²) in [6, 6.07) is 7.99. The Labute approximate surface area is 372 Å². The second-order valence-corrected chi connectivity index (χ2v) is 17.3. The first kappa shape index (κ1) is 45.4. The molecule has 16 nitrogen and oxygen atoms in total. The van der Waals surface area contributed by atoms with Crippen LogP contribution in [0.5, 0.6) is 11.5 Å². The third-order valence-corrected chi connectivity index (χ3v) is 12.7. The van der Waals surface area contributed by atoms with Crippen molar-refractivity contribution in [1.82, 2.24) is 25.7 Å². The number of primary amides is 1. The van der Waals surface area contributed by atoms with Crippen LogP contribution in [0.15, 0.2) is 64.1 Å². The van der Waals surface area contributed by atoms with E-state index in [0.717, 1.165) is 23.3 Å². The summed E-state index contributed by atoms with van der Waals surface area (Å²) < 4.78 is 14.6. The van der Waals surface area contributed by atoms with Crippen LogP contribution in [0, 0.1) is 25.2 Å². The van der Waals surface area contributed by atoms with Gasteiger partial charge in [-0.3, -0.25) is 33.6 Å². The molecule has 7 rings (SSSR count). The van der Waals surface area contributed by atoms with Gasteiger partial charge < -0.3 is 36.3 Å². The Bertz CT molecular complexity index is 2500. The zero-order valence-electron chi connectivity index (χ0n) is 37.4. The first-order valence-corrected chi connectivity index (χ1v) is 22.1. The molecule has 0 spiro atoms. The summed E-state index contributed by atoms with van der Waals surface area (Å²) >= 11 is 0. The van der Waals surface area contributed by atoms with Crippen molar-refractivity contribution < 1.29 is 38.6 Å². The number of aryl methyl sites for hydroxylation is 3. The van der Waals surface area contributed by atoms with E-state index in [9.17, 15) is 29.1 Å². The number of carbonyl (C=O) groups is 5. The third kappa shape index (κ3) is 9.65. The van der Waals surface area contributed by atoms with Gasteiger partial charge >= 0.3 is 5.97 Å². The zero-order valence-corrected chi connectivity index (χ0v) is 37.4. The van der Waals surface area contributed by atoms with Crippen LogP contribution in [0.4, 0.5) is 5.69 Å². The predicted molar refractivity (Wildman–Crippen MR) is 242 cm³/mol. The number of carboxylic acid groups (broad SMARTS) is 1. The Kier molecular flexibility index (Phi) is 13.5. The molecule has 1 fully saturated rings. The fourth-order valence-electron chi connectivity index (χ4n) is 8.82. The number of benzene rings is 2. The van der Waals surface area contributed by atoms with E-state index in [1.807, 2.05) is 59.8 Å². The summed E-state index contributed by atoms with van der Waals surface area (Å²) in [6.07, 6.45) is 8.88. The Morgan fingerprint density at radius 1 is 0.922 bits per heavy atom. The van der Waals surface area contributed by atoms with E-state index in [0.29, 0.717) is 96.3 Å². The summed E-state index contributed by atoms with van der Waals surface area (Å²) in [6.45, 7) is 12.9. The molecule has 6 N–H and O–H groups in total. The highest BCUT2D eigenvalue weighted by Crippen LogP contribution is 2.47. The summed E-state index contributed by atoms with van der Waals surface area (Å²) in [5, 5.41) is 23.3. The predicted octanol–water partition coefficient (Wildman–Crippen LogP) is 5.98. The molecule has 1 aromatic heterocycles. The SMILES string of the molecule is CCC1CN=C(C)C=C1C(=O)N[C@H](C)C1C/C=C/CC2C(NC(=O)c3cc(C)nn3CC)=Nc3cc(C(=O)NCC4(C(=O)O)CC4)cc(c32)OCCCOc2cc(C(N)=O)cc(C)c21. The van der Waals surface area contributed by atoms with Gasteiger partial charge in [-0.05, 0) is 109 Å². The molecule has 3 aromatic rings. The molecule has 0 saturated heterocycles. The van der Waals surface area contributed by atoms with Gasteiger partial charge in [-0.25, -0.2) is 4.99 Å². The summed E-state index contributed by atoms with van der Waals surface area (Å²) in [7, 11) is 0. The minimum Gasteiger partial charge on any atom is -0.493 e. The van der Waals surface area contributed by atoms with E-state index in [2.05, 4.69) is 26.0 Å². The molecule has 4 heterocycles. The topological polar surface area (TPSA) is 229 Å². The molecule has 4 atom stereocenters. The molecular formula is C48H58N8O8. The van der Waals surface area contributed by atoms with Crippen molar-refractivity contribution in [1.29, 1.82) is 0 Å². The summed E-state index contributed by atoms with van der Waals surface area (Å²) in [5.41, 5.74) is 10.6. The van der Waals surface area contributed by atoms with Crippen LogP contribution < -0.4 is 31.2 Å². The highest BCUT2D eigenvalue weighted by Gasteiger charge is 2.50. The first-order valence-electron chi connectivity index (χ1n) is 22.1. The molecule has 0 radical (unpaired) electrons. The molecule has 1 saturated carbocycles. The number of hydrogen-bond acceptors (Lipinski definition) is 10. The molecule has 3 aliphatic heterocycles. The standard InChI is InChI=1S/C48H58N8O8/c1-7-30-24-50-27(4)19-35(30)45(59)52-29(6)33-12-9-10-13-34-41-36(53-43(34)54-46(60)37-20-28(5)55-56(37)8-2)21-32(44(58)51-25-48(14-15-48)47(61)62)23-39(41)64-17-11-16-63-38-22-31(42(49)57)18-26(3)40(33)38/h9-10,18-23,29-30,33-34H,7-8,11-17,24-25H2,1-6H3,(H2,49,57)(H,51,58)(H,52,59)(H,61,62)(H,53,54,60)/b10-9+/t29-,30?,33?,34?/m1/s1. The van der Waals surface area contributed by atoms with Crippen LogP contribution in [-0.4, -0.2) is 88.4 Å². The molecule has 64 heavy (non-hydrogen) atoms. The van der Waals surface area contributed by atoms with Gasteiger partial charge in [-0.15, -0.1) is 0 Å². The number of allylic oxidation sites excluding steroid dienone is 3. The van der Waals surface area contributed by atoms with Crippen molar-refractivity contribution in [2.45, 2.75) is 104 Å². The lowest BCUT2D eigenvalue weighted by Crippen LogP contribution is -2.40. The van der Waals surface area contributed by atoms with E-state index >= 15 is 0 Å². The Hall–Kier alpha value is -6.58. The van der Waals surface area contributed by atoms with Crippen LogP contribution in [-0.2, 0) is 16.1 Å². The normalized spacial score (nSPS) is 21.0. The van der Waals surface area contributed by atoms with Crippen molar-refractivity contribution in [3.63, 3.8) is 0 Å². The highest BCUT2D eigenvalue weighted by molar-refractivity contribution is 6.11. The van der Waals surface area contributed by atoms with E-state index in [1.165, 1.54) is 0 Å². The number of aliphatic carboxylic acids is 1. The number of rotatable bonds is 11. The second-order valence-electron chi connectivity index (χ2n) is 17.3. The van der Waals surface area contributed by atoms with E-state index in [4.69, 9.17) is 20.2 Å². The number of nitrogens with one attached hydrogen (secondary N) is 3. The number of fused-ring (bicyclic) bond motifs is 1. The number of nitrogens with zero attached hydrogens (tertiary/aromatic N) is 4. The number of ether oxygens (including phenoxy) is 2. The maximum Gasteiger partial charge on any atom is 0.311 e. The second kappa shape index (κ2) is 19.0. The van der Waals surface area contributed by atoms with Gasteiger partial charge in [0.15, 0.2) is 0 Å². The highest BCUT2D eigenvalue weighted by atomic mass is 16.5. The summed E-state index contributed by atoms with van der Waals surface area (Å²) in [5.74, 6) is -2.14. The lowest BCUT2D eigenvalue weighted by atomic mass is 9.84. The van der Waals surface area contributed by atoms with Crippen LogP contribution in [0.1, 0.15) is 132 Å². The van der Waals surface area contributed by atoms with E-state index in [-0.39, 0.29) is 49.0 Å². The Balaban J connectivity index is 1.25. The van der Waals surface area contributed by atoms with Gasteiger partial charge in [0.2, 0.25) is 11.8 Å². The smallest absolute Gasteiger partial charge is 0.311 e. The number of amidine groups is 1. The third-order valence-electron chi connectivity index (χ3n) is 12.7. The molecule has 4 aliphatic rings. The van der Waals surface area contributed by atoms with Crippen LogP contribution in [0.25, 0.3) is 0 Å². The number of amides is 4. The number of carboxylic acids is 1. The molecule has 338 valence electrons. The van der Waals surface area contributed by atoms with Gasteiger partial charge in [0, 0.05) is 77.5 Å². The first-order chi connectivity index (χ1) is 30.6. The quantitative estimate of drug-likeness (QED) is 0.143. The minimum atomic E-state index is -0.969. The number of aromatic nitrogens is 2. The number of dihydropyridines is 1. The van der Waals surface area contributed by atoms with Crippen molar-refractivity contribution in [3.05, 3.63) is 93.3 Å². The van der Waals surface area contributed by atoms with Crippen molar-refractivity contribution in [2.24, 2.45) is 27.1 Å². The molecule has 4 amide bonds. The number of carbonyl (C=O) groups excluding carboxylic acids is 4. The van der Waals surface area contributed by atoms with Gasteiger partial charge in [0.05, 0.1) is 35.9 Å². The minimum absolute atomic E-state index is 0.000698. The maximum absolute atomic E-state index is 14.0. The van der Waals surface area contributed by atoms with Crippen LogP contribution >= 0.6 is 0 Å². The van der Waals surface area contributed by atoms with Gasteiger partial charge in [-0.1, -0.05) is 19.1 Å². The van der Waals surface area contributed by atoms with E-state index in [1.54, 1.807) is 35.0 Å². The van der Waals surface area contributed by atoms with Crippen LogP contribution in [0.2, 0.25) is 0 Å². The lowest BCUT2D eigenvalue weighted by molar-refractivity contribution is -0.143. The summed E-state index contributed by atoms with van der Waals surface area (Å²) in [4.78, 5) is 75.4. The van der Waals surface area contributed by atoms with Crippen LogP contribution in [0.3, 0.4) is 0 Å². The number of hydrogen-bond donors (Lipinski definition) is 5. The Morgan fingerprint density at radius 3 is 2.30 bits per heavy atom. The lowest BCUT2D eigenvalue weighted by Gasteiger charge is -2.30. The largest absolute Gasteiger partial charge is 0.493 e. The fraction of sp³-hybridized carbons (Fsp3) is 0.458. The zero-order chi connectivity index (χ0) is 45.9. The van der Waals surface area contributed by atoms with Gasteiger partial charge in [0.1, 0.15) is 23.0 Å². The Morgan fingerprint density at radius 2 is 1.62 bits per heavy atom. The molecule has 16 heteroatoms. The average molecular weight is 875 g/mol. The molecule has 2 aromatic carbocycles.